The number of amides is 1. The lowest BCUT2D eigenvalue weighted by atomic mass is 10.0. The highest BCUT2D eigenvalue weighted by Gasteiger charge is 2.28. The van der Waals surface area contributed by atoms with Crippen LogP contribution in [0, 0.1) is 5.92 Å². The van der Waals surface area contributed by atoms with Gasteiger partial charge in [0, 0.05) is 25.2 Å². The molecule has 13 heavy (non-hydrogen) atoms. The number of carbonyl (C=O) groups is 1. The fraction of sp³-hybridized carbons (Fsp3) is 0.889. The Balaban J connectivity index is 2.48. The SMILES string of the molecule is CC(N)C(C)C(=O)N1CC[C@@H](N)C1. The van der Waals surface area contributed by atoms with E-state index in [4.69, 9.17) is 11.5 Å². The maximum absolute atomic E-state index is 11.7. The molecule has 1 fully saturated rings. The summed E-state index contributed by atoms with van der Waals surface area (Å²) in [4.78, 5) is 13.5. The highest BCUT2D eigenvalue weighted by atomic mass is 16.2. The van der Waals surface area contributed by atoms with Crippen molar-refractivity contribution in [2.24, 2.45) is 17.4 Å². The van der Waals surface area contributed by atoms with Gasteiger partial charge in [0.2, 0.25) is 5.91 Å². The summed E-state index contributed by atoms with van der Waals surface area (Å²) in [7, 11) is 0. The molecule has 0 spiro atoms. The Morgan fingerprint density at radius 2 is 2.15 bits per heavy atom. The smallest absolute Gasteiger partial charge is 0.227 e. The summed E-state index contributed by atoms with van der Waals surface area (Å²) < 4.78 is 0. The quantitative estimate of drug-likeness (QED) is 0.611. The standard InChI is InChI=1S/C9H19N3O/c1-6(7(2)10)9(13)12-4-3-8(11)5-12/h6-8H,3-5,10-11H2,1-2H3/t6?,7?,8-/m1/s1. The molecule has 0 bridgehead atoms. The van der Waals surface area contributed by atoms with Crippen LogP contribution in [0.4, 0.5) is 0 Å². The minimum atomic E-state index is -0.0923. The van der Waals surface area contributed by atoms with Crippen molar-refractivity contribution in [3.8, 4) is 0 Å². The van der Waals surface area contributed by atoms with Gasteiger partial charge in [-0.2, -0.15) is 0 Å². The lowest BCUT2D eigenvalue weighted by Crippen LogP contribution is -2.41. The van der Waals surface area contributed by atoms with E-state index in [0.29, 0.717) is 6.54 Å². The molecule has 4 N–H and O–H groups in total. The topological polar surface area (TPSA) is 72.4 Å². The molecule has 1 heterocycles. The molecule has 0 aromatic carbocycles. The molecule has 0 aliphatic carbocycles. The number of nitrogens with two attached hydrogens (primary N) is 2. The van der Waals surface area contributed by atoms with Gasteiger partial charge in [-0.15, -0.1) is 0 Å². The van der Waals surface area contributed by atoms with Gasteiger partial charge in [-0.3, -0.25) is 4.79 Å². The fourth-order valence-electron chi connectivity index (χ4n) is 1.50. The average molecular weight is 185 g/mol. The molecule has 4 nitrogen and oxygen atoms in total. The second kappa shape index (κ2) is 4.07. The average Bonchev–Trinajstić information content (AvgIpc) is 2.49. The third-order valence-electron chi connectivity index (χ3n) is 2.71. The predicted octanol–water partition coefficient (Wildman–Crippen LogP) is -0.471. The molecule has 1 aliphatic heterocycles. The summed E-state index contributed by atoms with van der Waals surface area (Å²) >= 11 is 0. The van der Waals surface area contributed by atoms with E-state index in [0.717, 1.165) is 13.0 Å². The number of likely N-dealkylation sites (tertiary alicyclic amines) is 1. The Morgan fingerprint density at radius 1 is 1.54 bits per heavy atom. The molecular weight excluding hydrogens is 166 g/mol. The lowest BCUT2D eigenvalue weighted by molar-refractivity contribution is -0.134. The summed E-state index contributed by atoms with van der Waals surface area (Å²) in [5, 5.41) is 0. The molecule has 4 heteroatoms. The number of rotatable bonds is 2. The molecule has 1 aliphatic rings. The van der Waals surface area contributed by atoms with Gasteiger partial charge in [0.25, 0.3) is 0 Å². The highest BCUT2D eigenvalue weighted by Crippen LogP contribution is 2.12. The largest absolute Gasteiger partial charge is 0.341 e. The molecule has 1 amide bonds. The van der Waals surface area contributed by atoms with Crippen molar-refractivity contribution in [3.05, 3.63) is 0 Å². The summed E-state index contributed by atoms with van der Waals surface area (Å²) in [6.45, 7) is 5.21. The molecule has 1 rings (SSSR count). The molecule has 76 valence electrons. The Hall–Kier alpha value is -0.610. The summed E-state index contributed by atoms with van der Waals surface area (Å²) in [6, 6.07) is 0.0774. The van der Waals surface area contributed by atoms with Crippen LogP contribution in [0.1, 0.15) is 20.3 Å². The van der Waals surface area contributed by atoms with Gasteiger partial charge >= 0.3 is 0 Å². The zero-order valence-electron chi connectivity index (χ0n) is 8.36. The van der Waals surface area contributed by atoms with Crippen LogP contribution in [0.15, 0.2) is 0 Å². The van der Waals surface area contributed by atoms with Gasteiger partial charge < -0.3 is 16.4 Å². The van der Waals surface area contributed by atoms with Crippen molar-refractivity contribution in [1.82, 2.24) is 4.90 Å². The van der Waals surface area contributed by atoms with E-state index in [-0.39, 0.29) is 23.9 Å². The molecule has 1 saturated heterocycles. The minimum absolute atomic E-state index is 0.0793. The van der Waals surface area contributed by atoms with Crippen LogP contribution in [0.25, 0.3) is 0 Å². The van der Waals surface area contributed by atoms with E-state index in [9.17, 15) is 4.79 Å². The normalized spacial score (nSPS) is 27.4. The zero-order chi connectivity index (χ0) is 10.0. The maximum Gasteiger partial charge on any atom is 0.227 e. The molecule has 0 radical (unpaired) electrons. The van der Waals surface area contributed by atoms with Crippen LogP contribution >= 0.6 is 0 Å². The summed E-state index contributed by atoms with van der Waals surface area (Å²) in [5.41, 5.74) is 11.4. The monoisotopic (exact) mass is 185 g/mol. The van der Waals surface area contributed by atoms with Crippen LogP contribution < -0.4 is 11.5 Å². The van der Waals surface area contributed by atoms with Gasteiger partial charge in [0.1, 0.15) is 0 Å². The minimum Gasteiger partial charge on any atom is -0.341 e. The second-order valence-electron chi connectivity index (χ2n) is 3.98. The zero-order valence-corrected chi connectivity index (χ0v) is 8.36. The van der Waals surface area contributed by atoms with Gasteiger partial charge in [0.15, 0.2) is 0 Å². The first kappa shape index (κ1) is 10.5. The van der Waals surface area contributed by atoms with Gasteiger partial charge in [-0.05, 0) is 13.3 Å². The Morgan fingerprint density at radius 3 is 2.54 bits per heavy atom. The summed E-state index contributed by atoms with van der Waals surface area (Å²) in [6.07, 6.45) is 0.914. The molecule has 0 aromatic rings. The van der Waals surface area contributed by atoms with Gasteiger partial charge in [0.05, 0.1) is 5.92 Å². The van der Waals surface area contributed by atoms with Crippen molar-refractivity contribution >= 4 is 5.91 Å². The fourth-order valence-corrected chi connectivity index (χ4v) is 1.50. The van der Waals surface area contributed by atoms with E-state index < -0.39 is 0 Å². The van der Waals surface area contributed by atoms with Crippen molar-refractivity contribution in [1.29, 1.82) is 0 Å². The number of hydrogen-bond acceptors (Lipinski definition) is 3. The van der Waals surface area contributed by atoms with Gasteiger partial charge in [-0.25, -0.2) is 0 Å². The van der Waals surface area contributed by atoms with E-state index in [1.165, 1.54) is 0 Å². The summed E-state index contributed by atoms with van der Waals surface area (Å²) in [5.74, 6) is 0.0493. The molecule has 0 saturated carbocycles. The van der Waals surface area contributed by atoms with E-state index in [2.05, 4.69) is 0 Å². The van der Waals surface area contributed by atoms with Crippen molar-refractivity contribution in [2.45, 2.75) is 32.4 Å². The third-order valence-corrected chi connectivity index (χ3v) is 2.71. The van der Waals surface area contributed by atoms with Crippen LogP contribution in [0.3, 0.4) is 0 Å². The first-order valence-corrected chi connectivity index (χ1v) is 4.82. The number of nitrogens with zero attached hydrogens (tertiary/aromatic N) is 1. The van der Waals surface area contributed by atoms with E-state index in [1.807, 2.05) is 18.7 Å². The Kier molecular flexibility index (Phi) is 3.27. The van der Waals surface area contributed by atoms with Crippen LogP contribution in [0.5, 0.6) is 0 Å². The first-order valence-electron chi connectivity index (χ1n) is 4.82. The lowest BCUT2D eigenvalue weighted by Gasteiger charge is -2.22. The third kappa shape index (κ3) is 2.42. The predicted molar refractivity (Wildman–Crippen MR) is 52.0 cm³/mol. The van der Waals surface area contributed by atoms with Crippen molar-refractivity contribution < 1.29 is 4.79 Å². The van der Waals surface area contributed by atoms with E-state index >= 15 is 0 Å². The Bertz CT molecular complexity index is 193. The van der Waals surface area contributed by atoms with Gasteiger partial charge in [-0.1, -0.05) is 6.92 Å². The second-order valence-corrected chi connectivity index (χ2v) is 3.98. The van der Waals surface area contributed by atoms with Crippen LogP contribution in [-0.4, -0.2) is 36.0 Å². The Labute approximate surface area is 79.3 Å². The molecule has 2 unspecified atom stereocenters. The van der Waals surface area contributed by atoms with Crippen LogP contribution in [0.2, 0.25) is 0 Å². The first-order chi connectivity index (χ1) is 6.02. The van der Waals surface area contributed by atoms with Crippen molar-refractivity contribution in [2.75, 3.05) is 13.1 Å². The number of hydrogen-bond donors (Lipinski definition) is 2. The molecule has 3 atom stereocenters. The molecular formula is C9H19N3O. The van der Waals surface area contributed by atoms with E-state index in [1.54, 1.807) is 0 Å². The van der Waals surface area contributed by atoms with Crippen molar-refractivity contribution in [3.63, 3.8) is 0 Å². The van der Waals surface area contributed by atoms with Crippen LogP contribution in [-0.2, 0) is 4.79 Å². The highest BCUT2D eigenvalue weighted by molar-refractivity contribution is 5.79. The number of carbonyl (C=O) groups excluding carboxylic acids is 1. The molecule has 0 aromatic heterocycles. The maximum atomic E-state index is 11.7.